The van der Waals surface area contributed by atoms with E-state index in [2.05, 4.69) is 34.5 Å². The Balaban J connectivity index is 1.17. The van der Waals surface area contributed by atoms with E-state index in [1.165, 1.54) is 10.5 Å². The summed E-state index contributed by atoms with van der Waals surface area (Å²) >= 11 is 0. The number of carbonyl (C=O) groups is 3. The Kier molecular flexibility index (Phi) is 8.88. The second-order valence-electron chi connectivity index (χ2n) is 10.1. The van der Waals surface area contributed by atoms with Gasteiger partial charge >= 0.3 is 0 Å². The first-order valence-corrected chi connectivity index (χ1v) is 13.4. The molecule has 0 aliphatic carbocycles. The standard InChI is InChI=1S/C29H35N3O7/c1-36-13-14-38-19-22-18-37-12-11-31(22)15-20-5-7-21(8-6-20)17-39-26-4-2-3-23-24(26)16-32(29(23)35)25-9-10-27(33)30-28(25)34/h2-8,22,25H,9-19H2,1H3,(H,30,33,34). The fraction of sp³-hybridized carbons (Fsp3) is 0.483. The van der Waals surface area contributed by atoms with E-state index < -0.39 is 11.9 Å². The van der Waals surface area contributed by atoms with Gasteiger partial charge in [-0.2, -0.15) is 0 Å². The van der Waals surface area contributed by atoms with Gasteiger partial charge in [0.05, 0.1) is 45.6 Å². The molecule has 2 fully saturated rings. The van der Waals surface area contributed by atoms with Crippen LogP contribution < -0.4 is 10.1 Å². The van der Waals surface area contributed by atoms with Crippen LogP contribution in [0, 0.1) is 0 Å². The number of ether oxygens (including phenoxy) is 4. The molecule has 2 unspecified atom stereocenters. The lowest BCUT2D eigenvalue weighted by molar-refractivity contribution is -0.136. The molecule has 0 bridgehead atoms. The van der Waals surface area contributed by atoms with Crippen LogP contribution in [-0.4, -0.2) is 86.3 Å². The Hall–Kier alpha value is -3.31. The second-order valence-corrected chi connectivity index (χ2v) is 10.1. The zero-order valence-corrected chi connectivity index (χ0v) is 22.2. The highest BCUT2D eigenvalue weighted by Crippen LogP contribution is 2.34. The summed E-state index contributed by atoms with van der Waals surface area (Å²) in [7, 11) is 1.67. The summed E-state index contributed by atoms with van der Waals surface area (Å²) in [5.74, 6) is -0.298. The summed E-state index contributed by atoms with van der Waals surface area (Å²) in [5.41, 5.74) is 3.53. The van der Waals surface area contributed by atoms with Crippen molar-refractivity contribution in [2.75, 3.05) is 46.7 Å². The van der Waals surface area contributed by atoms with Crippen molar-refractivity contribution in [3.8, 4) is 5.75 Å². The van der Waals surface area contributed by atoms with Gasteiger partial charge in [-0.1, -0.05) is 30.3 Å². The lowest BCUT2D eigenvalue weighted by atomic mass is 10.0. The van der Waals surface area contributed by atoms with Gasteiger partial charge in [-0.3, -0.25) is 24.6 Å². The predicted molar refractivity (Wildman–Crippen MR) is 141 cm³/mol. The molecule has 2 aromatic rings. The van der Waals surface area contributed by atoms with Gasteiger partial charge in [0.25, 0.3) is 5.91 Å². The van der Waals surface area contributed by atoms with E-state index in [-0.39, 0.29) is 30.8 Å². The van der Waals surface area contributed by atoms with Crippen LogP contribution in [0.2, 0.25) is 0 Å². The van der Waals surface area contributed by atoms with Crippen LogP contribution in [0.5, 0.6) is 5.75 Å². The van der Waals surface area contributed by atoms with Crippen LogP contribution in [0.15, 0.2) is 42.5 Å². The summed E-state index contributed by atoms with van der Waals surface area (Å²) in [4.78, 5) is 40.8. The van der Waals surface area contributed by atoms with E-state index in [1.54, 1.807) is 19.2 Å². The Morgan fingerprint density at radius 1 is 1.05 bits per heavy atom. The number of rotatable bonds is 11. The van der Waals surface area contributed by atoms with Crippen molar-refractivity contribution < 1.29 is 33.3 Å². The van der Waals surface area contributed by atoms with E-state index in [9.17, 15) is 14.4 Å². The molecule has 39 heavy (non-hydrogen) atoms. The van der Waals surface area contributed by atoms with Gasteiger partial charge in [-0.25, -0.2) is 0 Å². The van der Waals surface area contributed by atoms with Crippen molar-refractivity contribution in [2.24, 2.45) is 0 Å². The molecule has 10 nitrogen and oxygen atoms in total. The summed E-state index contributed by atoms with van der Waals surface area (Å²) in [6.45, 7) is 5.45. The molecule has 3 heterocycles. The summed E-state index contributed by atoms with van der Waals surface area (Å²) < 4.78 is 22.6. The van der Waals surface area contributed by atoms with E-state index in [0.29, 0.717) is 57.4 Å². The average Bonchev–Trinajstić information content (AvgIpc) is 3.28. The lowest BCUT2D eigenvalue weighted by Crippen LogP contribution is -2.52. The third-order valence-corrected chi connectivity index (χ3v) is 7.43. The van der Waals surface area contributed by atoms with Crippen LogP contribution in [0.4, 0.5) is 0 Å². The number of morpholine rings is 1. The van der Waals surface area contributed by atoms with Gasteiger partial charge in [0.2, 0.25) is 11.8 Å². The zero-order chi connectivity index (χ0) is 27.2. The van der Waals surface area contributed by atoms with Crippen molar-refractivity contribution in [3.63, 3.8) is 0 Å². The Bertz CT molecular complexity index is 1190. The number of methoxy groups -OCH3 is 1. The summed E-state index contributed by atoms with van der Waals surface area (Å²) in [6, 6.07) is 13.3. The molecule has 10 heteroatoms. The number of benzene rings is 2. The maximum atomic E-state index is 13.0. The normalized spacial score (nSPS) is 21.7. The first-order valence-electron chi connectivity index (χ1n) is 13.4. The van der Waals surface area contributed by atoms with Gasteiger partial charge < -0.3 is 23.8 Å². The molecule has 3 aliphatic heterocycles. The Morgan fingerprint density at radius 2 is 1.87 bits per heavy atom. The van der Waals surface area contributed by atoms with Crippen molar-refractivity contribution in [3.05, 3.63) is 64.7 Å². The summed E-state index contributed by atoms with van der Waals surface area (Å²) in [6.07, 6.45) is 0.559. The fourth-order valence-electron chi connectivity index (χ4n) is 5.24. The number of imide groups is 1. The van der Waals surface area contributed by atoms with Crippen LogP contribution >= 0.6 is 0 Å². The van der Waals surface area contributed by atoms with Crippen molar-refractivity contribution >= 4 is 17.7 Å². The molecule has 2 aromatic carbocycles. The molecule has 0 radical (unpaired) electrons. The molecule has 2 saturated heterocycles. The van der Waals surface area contributed by atoms with E-state index in [0.717, 1.165) is 24.2 Å². The minimum absolute atomic E-state index is 0.209. The third-order valence-electron chi connectivity index (χ3n) is 7.43. The maximum Gasteiger partial charge on any atom is 0.255 e. The highest BCUT2D eigenvalue weighted by Gasteiger charge is 2.40. The molecular weight excluding hydrogens is 502 g/mol. The molecule has 5 rings (SSSR count). The van der Waals surface area contributed by atoms with E-state index in [4.69, 9.17) is 18.9 Å². The Morgan fingerprint density at radius 3 is 2.67 bits per heavy atom. The first kappa shape index (κ1) is 27.3. The Labute approximate surface area is 228 Å². The number of hydrogen-bond acceptors (Lipinski definition) is 8. The minimum Gasteiger partial charge on any atom is -0.489 e. The van der Waals surface area contributed by atoms with E-state index >= 15 is 0 Å². The topological polar surface area (TPSA) is 107 Å². The predicted octanol–water partition coefficient (Wildman–Crippen LogP) is 1.89. The largest absolute Gasteiger partial charge is 0.489 e. The number of carbonyl (C=O) groups excluding carboxylic acids is 3. The molecular formula is C29H35N3O7. The van der Waals surface area contributed by atoms with Crippen molar-refractivity contribution in [1.82, 2.24) is 15.1 Å². The highest BCUT2D eigenvalue weighted by molar-refractivity contribution is 6.05. The van der Waals surface area contributed by atoms with Crippen LogP contribution in [0.25, 0.3) is 0 Å². The highest BCUT2D eigenvalue weighted by atomic mass is 16.5. The van der Waals surface area contributed by atoms with Gasteiger partial charge in [0, 0.05) is 37.7 Å². The molecule has 208 valence electrons. The van der Waals surface area contributed by atoms with Crippen molar-refractivity contribution in [1.29, 1.82) is 0 Å². The molecule has 2 atom stereocenters. The number of hydrogen-bond donors (Lipinski definition) is 1. The van der Waals surface area contributed by atoms with E-state index in [1.807, 2.05) is 6.07 Å². The van der Waals surface area contributed by atoms with Crippen LogP contribution in [0.1, 0.15) is 39.9 Å². The number of nitrogens with one attached hydrogen (secondary N) is 1. The number of fused-ring (bicyclic) bond motifs is 1. The SMILES string of the molecule is COCCOCC1COCCN1Cc1ccc(COc2cccc3c2CN(C2CCC(=O)NC2=O)C3=O)cc1. The monoisotopic (exact) mass is 537 g/mol. The van der Waals surface area contributed by atoms with Crippen molar-refractivity contribution in [2.45, 2.75) is 44.6 Å². The molecule has 1 N–H and O–H groups in total. The number of nitrogens with zero attached hydrogens (tertiary/aromatic N) is 2. The molecule has 0 aromatic heterocycles. The lowest BCUT2D eigenvalue weighted by Gasteiger charge is -2.35. The number of amides is 3. The van der Waals surface area contributed by atoms with Gasteiger partial charge in [-0.15, -0.1) is 0 Å². The molecule has 3 amide bonds. The molecule has 0 spiro atoms. The quantitative estimate of drug-likeness (QED) is 0.342. The smallest absolute Gasteiger partial charge is 0.255 e. The second kappa shape index (κ2) is 12.7. The number of piperidine rings is 1. The van der Waals surface area contributed by atoms with Gasteiger partial charge in [-0.05, 0) is 29.7 Å². The summed E-state index contributed by atoms with van der Waals surface area (Å²) in [5, 5.41) is 2.34. The average molecular weight is 538 g/mol. The fourth-order valence-corrected chi connectivity index (χ4v) is 5.24. The van der Waals surface area contributed by atoms with Crippen LogP contribution in [0.3, 0.4) is 0 Å². The van der Waals surface area contributed by atoms with Gasteiger partial charge in [0.1, 0.15) is 18.4 Å². The molecule has 0 saturated carbocycles. The minimum atomic E-state index is -0.647. The third kappa shape index (κ3) is 6.47. The van der Waals surface area contributed by atoms with Gasteiger partial charge in [0.15, 0.2) is 0 Å². The first-order chi connectivity index (χ1) is 19.0. The zero-order valence-electron chi connectivity index (χ0n) is 22.2. The maximum absolute atomic E-state index is 13.0. The molecule has 3 aliphatic rings. The van der Waals surface area contributed by atoms with Crippen LogP contribution in [-0.2, 0) is 43.5 Å².